The van der Waals surface area contributed by atoms with Gasteiger partial charge in [-0.2, -0.15) is 0 Å². The molecule has 0 saturated heterocycles. The normalized spacial score (nSPS) is 14.7. The third kappa shape index (κ3) is 4.95. The minimum atomic E-state index is -0.521. The van der Waals surface area contributed by atoms with Crippen LogP contribution in [0.4, 0.5) is 4.79 Å². The first-order valence-electron chi connectivity index (χ1n) is 9.52. The zero-order valence-electron chi connectivity index (χ0n) is 17.1. The molecule has 1 amide bonds. The summed E-state index contributed by atoms with van der Waals surface area (Å²) in [5.74, 6) is -0.318. The van der Waals surface area contributed by atoms with Gasteiger partial charge in [0.25, 0.3) is 0 Å². The van der Waals surface area contributed by atoms with E-state index < -0.39 is 5.60 Å². The molecule has 1 aliphatic rings. The number of carbonyl (C=O) groups excluding carboxylic acids is 2. The third-order valence-electron chi connectivity index (χ3n) is 4.38. The summed E-state index contributed by atoms with van der Waals surface area (Å²) in [6, 6.07) is 0. The van der Waals surface area contributed by atoms with Gasteiger partial charge in [-0.25, -0.2) is 14.8 Å². The largest absolute Gasteiger partial charge is 0.465 e. The van der Waals surface area contributed by atoms with Gasteiger partial charge in [0, 0.05) is 23.8 Å². The van der Waals surface area contributed by atoms with Crippen molar-refractivity contribution in [1.29, 1.82) is 0 Å². The van der Waals surface area contributed by atoms with Gasteiger partial charge in [-0.05, 0) is 55.6 Å². The van der Waals surface area contributed by atoms with Crippen molar-refractivity contribution in [3.05, 3.63) is 28.8 Å². The summed E-state index contributed by atoms with van der Waals surface area (Å²) in [5, 5.41) is 0.841. The first-order valence-corrected chi connectivity index (χ1v) is 10.3. The van der Waals surface area contributed by atoms with Crippen LogP contribution < -0.4 is 0 Å². The van der Waals surface area contributed by atoms with Crippen molar-refractivity contribution in [2.24, 2.45) is 0 Å². The third-order valence-corrected chi connectivity index (χ3v) is 4.98. The molecule has 2 aromatic heterocycles. The highest BCUT2D eigenvalue weighted by Crippen LogP contribution is 2.33. The Hall–Kier alpha value is -2.42. The summed E-state index contributed by atoms with van der Waals surface area (Å²) in [5.41, 5.74) is 1.97. The van der Waals surface area contributed by atoms with Gasteiger partial charge in [-0.3, -0.25) is 4.79 Å². The number of fused-ring (bicyclic) bond motifs is 1. The van der Waals surface area contributed by atoms with Crippen LogP contribution in [-0.2, 0) is 20.8 Å². The van der Waals surface area contributed by atoms with Crippen LogP contribution in [0.2, 0.25) is 0 Å². The topological polar surface area (TPSA) is 86.5 Å². The Balaban J connectivity index is 1.85. The number of ether oxygens (including phenoxy) is 2. The summed E-state index contributed by atoms with van der Waals surface area (Å²) in [7, 11) is 0. The average molecular weight is 465 g/mol. The van der Waals surface area contributed by atoms with Gasteiger partial charge >= 0.3 is 12.1 Å². The minimum Gasteiger partial charge on any atom is -0.465 e. The number of aromatic nitrogens is 3. The minimum absolute atomic E-state index is 0.0812. The molecule has 3 heterocycles. The quantitative estimate of drug-likeness (QED) is 0.639. The Labute approximate surface area is 178 Å². The van der Waals surface area contributed by atoms with E-state index in [0.29, 0.717) is 31.8 Å². The molecule has 0 aliphatic carbocycles. The number of esters is 1. The number of halogens is 1. The Bertz CT molecular complexity index is 961. The van der Waals surface area contributed by atoms with Crippen molar-refractivity contribution in [2.45, 2.75) is 46.3 Å². The zero-order chi connectivity index (χ0) is 21.2. The molecule has 1 aliphatic heterocycles. The predicted molar refractivity (Wildman–Crippen MR) is 112 cm³/mol. The van der Waals surface area contributed by atoms with E-state index in [1.54, 1.807) is 16.4 Å². The monoisotopic (exact) mass is 464 g/mol. The molecule has 29 heavy (non-hydrogen) atoms. The van der Waals surface area contributed by atoms with Crippen LogP contribution in [0.25, 0.3) is 16.6 Å². The SMILES string of the molecule is CCOC(=O)Cn1cc(Br)c2c(C3=CCN(C(=O)OC(C)(C)C)CC3)ncnc21. The van der Waals surface area contributed by atoms with Gasteiger partial charge < -0.3 is 18.9 Å². The van der Waals surface area contributed by atoms with E-state index in [-0.39, 0.29) is 18.6 Å². The lowest BCUT2D eigenvalue weighted by atomic mass is 10.0. The molecule has 0 aromatic carbocycles. The summed E-state index contributed by atoms with van der Waals surface area (Å²) in [6.45, 7) is 8.76. The van der Waals surface area contributed by atoms with Crippen LogP contribution in [0.5, 0.6) is 0 Å². The van der Waals surface area contributed by atoms with Crippen LogP contribution in [-0.4, -0.2) is 56.8 Å². The van der Waals surface area contributed by atoms with E-state index in [1.165, 1.54) is 6.33 Å². The van der Waals surface area contributed by atoms with Gasteiger partial charge in [0.05, 0.1) is 17.7 Å². The second kappa shape index (κ2) is 8.52. The van der Waals surface area contributed by atoms with Crippen LogP contribution in [0.3, 0.4) is 0 Å². The van der Waals surface area contributed by atoms with Crippen molar-refractivity contribution < 1.29 is 19.1 Å². The molecule has 0 fully saturated rings. The maximum atomic E-state index is 12.3. The standard InChI is InChI=1S/C20H25BrN4O4/c1-5-28-15(26)11-25-10-14(21)16-17(22-12-23-18(16)25)13-6-8-24(9-7-13)19(27)29-20(2,3)4/h6,10,12H,5,7-9,11H2,1-4H3. The lowest BCUT2D eigenvalue weighted by Crippen LogP contribution is -2.39. The number of nitrogens with zero attached hydrogens (tertiary/aromatic N) is 4. The lowest BCUT2D eigenvalue weighted by Gasteiger charge is -2.29. The fraction of sp³-hybridized carbons (Fsp3) is 0.500. The van der Waals surface area contributed by atoms with Gasteiger partial charge in [0.15, 0.2) is 0 Å². The fourth-order valence-corrected chi connectivity index (χ4v) is 3.77. The molecule has 9 heteroatoms. The van der Waals surface area contributed by atoms with Crippen LogP contribution in [0, 0.1) is 0 Å². The van der Waals surface area contributed by atoms with Crippen molar-refractivity contribution >= 4 is 44.6 Å². The van der Waals surface area contributed by atoms with Crippen LogP contribution in [0.1, 0.15) is 39.8 Å². The fourth-order valence-electron chi connectivity index (χ4n) is 3.16. The summed E-state index contributed by atoms with van der Waals surface area (Å²) >= 11 is 3.57. The van der Waals surface area contributed by atoms with Gasteiger partial charge in [-0.1, -0.05) is 6.08 Å². The van der Waals surface area contributed by atoms with Crippen molar-refractivity contribution in [3.8, 4) is 0 Å². The highest BCUT2D eigenvalue weighted by Gasteiger charge is 2.25. The maximum absolute atomic E-state index is 12.3. The summed E-state index contributed by atoms with van der Waals surface area (Å²) in [6.07, 6.45) is 5.64. The van der Waals surface area contributed by atoms with Gasteiger partial charge in [0.2, 0.25) is 0 Å². The van der Waals surface area contributed by atoms with E-state index in [2.05, 4.69) is 25.9 Å². The highest BCUT2D eigenvalue weighted by atomic mass is 79.9. The smallest absolute Gasteiger partial charge is 0.410 e. The molecule has 156 valence electrons. The Morgan fingerprint density at radius 2 is 2.03 bits per heavy atom. The molecule has 0 saturated carbocycles. The molecular weight excluding hydrogens is 440 g/mol. The van der Waals surface area contributed by atoms with Crippen molar-refractivity contribution in [3.63, 3.8) is 0 Å². The second-order valence-electron chi connectivity index (χ2n) is 7.74. The molecule has 8 nitrogen and oxygen atoms in total. The lowest BCUT2D eigenvalue weighted by molar-refractivity contribution is -0.143. The zero-order valence-corrected chi connectivity index (χ0v) is 18.7. The van der Waals surface area contributed by atoms with Crippen molar-refractivity contribution in [1.82, 2.24) is 19.4 Å². The summed E-state index contributed by atoms with van der Waals surface area (Å²) < 4.78 is 13.0. The maximum Gasteiger partial charge on any atom is 0.410 e. The number of hydrogen-bond acceptors (Lipinski definition) is 6. The van der Waals surface area contributed by atoms with E-state index >= 15 is 0 Å². The molecule has 0 radical (unpaired) electrons. The molecule has 0 N–H and O–H groups in total. The first-order chi connectivity index (χ1) is 13.7. The molecule has 2 aromatic rings. The number of hydrogen-bond donors (Lipinski definition) is 0. The highest BCUT2D eigenvalue weighted by molar-refractivity contribution is 9.10. The molecular formula is C20H25BrN4O4. The van der Waals surface area contributed by atoms with E-state index in [0.717, 1.165) is 21.1 Å². The van der Waals surface area contributed by atoms with E-state index in [9.17, 15) is 9.59 Å². The number of amides is 1. The second-order valence-corrected chi connectivity index (χ2v) is 8.59. The van der Waals surface area contributed by atoms with Gasteiger partial charge in [0.1, 0.15) is 24.1 Å². The molecule has 3 rings (SSSR count). The van der Waals surface area contributed by atoms with E-state index in [4.69, 9.17) is 9.47 Å². The molecule has 0 unspecified atom stereocenters. The summed E-state index contributed by atoms with van der Waals surface area (Å²) in [4.78, 5) is 34.7. The van der Waals surface area contributed by atoms with Crippen LogP contribution in [0.15, 0.2) is 23.1 Å². The molecule has 0 atom stereocenters. The van der Waals surface area contributed by atoms with Gasteiger partial charge in [-0.15, -0.1) is 0 Å². The average Bonchev–Trinajstić information content (AvgIpc) is 2.96. The number of rotatable bonds is 4. The predicted octanol–water partition coefficient (Wildman–Crippen LogP) is 3.78. The Kier molecular flexibility index (Phi) is 6.26. The van der Waals surface area contributed by atoms with Crippen LogP contribution >= 0.6 is 15.9 Å². The molecule has 0 bridgehead atoms. The first kappa shape index (κ1) is 21.3. The number of carbonyl (C=O) groups is 2. The Morgan fingerprint density at radius 3 is 2.66 bits per heavy atom. The van der Waals surface area contributed by atoms with E-state index in [1.807, 2.05) is 33.0 Å². The Morgan fingerprint density at radius 1 is 1.28 bits per heavy atom. The van der Waals surface area contributed by atoms with Crippen molar-refractivity contribution in [2.75, 3.05) is 19.7 Å². The molecule has 0 spiro atoms.